The third kappa shape index (κ3) is 5.82. The highest BCUT2D eigenvalue weighted by atomic mass is 35.5. The summed E-state index contributed by atoms with van der Waals surface area (Å²) in [5, 5.41) is 14.5. The molecule has 168 valence electrons. The summed E-state index contributed by atoms with van der Waals surface area (Å²) in [6.07, 6.45) is 5.95. The molecule has 0 radical (unpaired) electrons. The molecule has 1 aromatic carbocycles. The normalized spacial score (nSPS) is 12.3. The molecule has 1 atom stereocenters. The second-order valence-corrected chi connectivity index (χ2v) is 8.16. The average Bonchev–Trinajstić information content (AvgIpc) is 3.36. The number of carbonyl (C=O) groups is 2. The molecule has 0 fully saturated rings. The van der Waals surface area contributed by atoms with Gasteiger partial charge in [-0.15, -0.1) is 0 Å². The first-order valence-electron chi connectivity index (χ1n) is 10.2. The van der Waals surface area contributed by atoms with Crippen molar-refractivity contribution in [3.8, 4) is 0 Å². The van der Waals surface area contributed by atoms with Crippen molar-refractivity contribution in [1.29, 1.82) is 0 Å². The van der Waals surface area contributed by atoms with Crippen LogP contribution in [0.4, 0.5) is 11.4 Å². The fourth-order valence-corrected chi connectivity index (χ4v) is 3.29. The topological polar surface area (TPSA) is 107 Å². The van der Waals surface area contributed by atoms with Gasteiger partial charge in [0.2, 0.25) is 11.8 Å². The van der Waals surface area contributed by atoms with Gasteiger partial charge >= 0.3 is 0 Å². The Morgan fingerprint density at radius 2 is 1.78 bits per heavy atom. The van der Waals surface area contributed by atoms with E-state index in [1.54, 1.807) is 41.9 Å². The van der Waals surface area contributed by atoms with E-state index in [1.807, 2.05) is 6.92 Å². The summed E-state index contributed by atoms with van der Waals surface area (Å²) in [5.74, 6) is -0.111. The van der Waals surface area contributed by atoms with Crippen molar-refractivity contribution in [3.63, 3.8) is 0 Å². The highest BCUT2D eigenvalue weighted by Gasteiger charge is 2.15. The van der Waals surface area contributed by atoms with Crippen molar-refractivity contribution in [1.82, 2.24) is 24.5 Å². The number of halogens is 1. The zero-order valence-electron chi connectivity index (χ0n) is 18.4. The van der Waals surface area contributed by atoms with E-state index in [0.717, 1.165) is 11.3 Å². The van der Waals surface area contributed by atoms with E-state index in [4.69, 9.17) is 11.6 Å². The summed E-state index contributed by atoms with van der Waals surface area (Å²) in [6, 6.07) is 6.34. The van der Waals surface area contributed by atoms with Gasteiger partial charge in [-0.2, -0.15) is 10.2 Å². The standard InChI is InChI=1S/C22H26ClN7O2/c1-14(2)11-29-21(23)19(15(3)28-29)9-10-20(31)26-17-5-7-18(8-6-17)27-22(32)16(4)30-13-24-12-25-30/h5-10,12-14,16H,11H2,1-4H3,(H,26,31)(H,27,32)/b10-9+. The summed E-state index contributed by atoms with van der Waals surface area (Å²) < 4.78 is 3.21. The zero-order chi connectivity index (χ0) is 23.3. The summed E-state index contributed by atoms with van der Waals surface area (Å²) in [6.45, 7) is 8.47. The molecule has 0 aliphatic heterocycles. The fraction of sp³-hybridized carbons (Fsp3) is 0.318. The Kier molecular flexibility index (Phi) is 7.42. The minimum Gasteiger partial charge on any atom is -0.324 e. The van der Waals surface area contributed by atoms with Gasteiger partial charge in [-0.1, -0.05) is 25.4 Å². The summed E-state index contributed by atoms with van der Waals surface area (Å²) in [7, 11) is 0. The number of nitrogens with one attached hydrogen (secondary N) is 2. The quantitative estimate of drug-likeness (QED) is 0.500. The second-order valence-electron chi connectivity index (χ2n) is 7.81. The van der Waals surface area contributed by atoms with Crippen LogP contribution < -0.4 is 10.6 Å². The molecule has 1 unspecified atom stereocenters. The molecule has 9 nitrogen and oxygen atoms in total. The lowest BCUT2D eigenvalue weighted by Crippen LogP contribution is -2.24. The molecule has 10 heteroatoms. The van der Waals surface area contributed by atoms with Gasteiger partial charge in [0.1, 0.15) is 23.8 Å². The Bertz CT molecular complexity index is 1100. The molecule has 0 bridgehead atoms. The first kappa shape index (κ1) is 23.2. The van der Waals surface area contributed by atoms with Gasteiger partial charge in [0.25, 0.3) is 0 Å². The maximum absolute atomic E-state index is 12.3. The molecule has 0 spiro atoms. The van der Waals surface area contributed by atoms with Crippen molar-refractivity contribution < 1.29 is 9.59 Å². The summed E-state index contributed by atoms with van der Waals surface area (Å²) >= 11 is 6.41. The van der Waals surface area contributed by atoms with Crippen LogP contribution >= 0.6 is 11.6 Å². The van der Waals surface area contributed by atoms with Gasteiger partial charge in [0.05, 0.1) is 5.69 Å². The van der Waals surface area contributed by atoms with E-state index < -0.39 is 6.04 Å². The lowest BCUT2D eigenvalue weighted by Gasteiger charge is -2.12. The van der Waals surface area contributed by atoms with Crippen LogP contribution in [0.5, 0.6) is 0 Å². The van der Waals surface area contributed by atoms with Crippen molar-refractivity contribution in [2.24, 2.45) is 5.92 Å². The molecular formula is C22H26ClN7O2. The van der Waals surface area contributed by atoms with E-state index in [0.29, 0.717) is 29.0 Å². The number of aryl methyl sites for hydroxylation is 1. The molecule has 2 heterocycles. The van der Waals surface area contributed by atoms with Gasteiger partial charge in [-0.25, -0.2) is 9.67 Å². The molecule has 32 heavy (non-hydrogen) atoms. The van der Waals surface area contributed by atoms with Crippen LogP contribution in [-0.2, 0) is 16.1 Å². The van der Waals surface area contributed by atoms with Gasteiger partial charge in [-0.3, -0.25) is 14.3 Å². The molecule has 3 rings (SSSR count). The van der Waals surface area contributed by atoms with Gasteiger partial charge in [-0.05, 0) is 50.1 Å². The van der Waals surface area contributed by atoms with E-state index >= 15 is 0 Å². The second kappa shape index (κ2) is 10.2. The van der Waals surface area contributed by atoms with Crippen LogP contribution in [0.2, 0.25) is 5.15 Å². The predicted molar refractivity (Wildman–Crippen MR) is 124 cm³/mol. The van der Waals surface area contributed by atoms with Crippen molar-refractivity contribution >= 4 is 40.9 Å². The van der Waals surface area contributed by atoms with Gasteiger partial charge in [0.15, 0.2) is 0 Å². The Morgan fingerprint density at radius 3 is 2.38 bits per heavy atom. The Morgan fingerprint density at radius 1 is 1.12 bits per heavy atom. The minimum atomic E-state index is -0.498. The lowest BCUT2D eigenvalue weighted by atomic mass is 10.2. The molecule has 3 aromatic rings. The number of hydrogen-bond acceptors (Lipinski definition) is 5. The van der Waals surface area contributed by atoms with Gasteiger partial charge in [0, 0.05) is 29.6 Å². The maximum Gasteiger partial charge on any atom is 0.249 e. The average molecular weight is 456 g/mol. The molecule has 2 N–H and O–H groups in total. The van der Waals surface area contributed by atoms with Crippen molar-refractivity contribution in [2.75, 3.05) is 10.6 Å². The highest BCUT2D eigenvalue weighted by Crippen LogP contribution is 2.22. The summed E-state index contributed by atoms with van der Waals surface area (Å²) in [5.41, 5.74) is 2.69. The smallest absolute Gasteiger partial charge is 0.249 e. The number of rotatable bonds is 8. The zero-order valence-corrected chi connectivity index (χ0v) is 19.2. The number of anilines is 2. The minimum absolute atomic E-state index is 0.222. The van der Waals surface area contributed by atoms with Crippen LogP contribution in [-0.4, -0.2) is 36.4 Å². The SMILES string of the molecule is Cc1nn(CC(C)C)c(Cl)c1/C=C/C(=O)Nc1ccc(NC(=O)C(C)n2cncn2)cc1. The first-order chi connectivity index (χ1) is 15.2. The number of nitrogens with zero attached hydrogens (tertiary/aromatic N) is 5. The van der Waals surface area contributed by atoms with Crippen molar-refractivity contribution in [3.05, 3.63) is 59.4 Å². The Balaban J connectivity index is 1.58. The van der Waals surface area contributed by atoms with Crippen LogP contribution in [0.15, 0.2) is 43.0 Å². The third-order valence-electron chi connectivity index (χ3n) is 4.68. The first-order valence-corrected chi connectivity index (χ1v) is 10.6. The van der Waals surface area contributed by atoms with E-state index in [9.17, 15) is 9.59 Å². The summed E-state index contributed by atoms with van der Waals surface area (Å²) in [4.78, 5) is 28.5. The Labute approximate surface area is 191 Å². The maximum atomic E-state index is 12.3. The number of carbonyl (C=O) groups excluding carboxylic acids is 2. The molecule has 2 aromatic heterocycles. The van der Waals surface area contributed by atoms with Crippen LogP contribution in [0.25, 0.3) is 6.08 Å². The van der Waals surface area contributed by atoms with E-state index in [-0.39, 0.29) is 11.8 Å². The van der Waals surface area contributed by atoms with Gasteiger partial charge < -0.3 is 10.6 Å². The van der Waals surface area contributed by atoms with E-state index in [1.165, 1.54) is 23.4 Å². The van der Waals surface area contributed by atoms with Crippen LogP contribution in [0.1, 0.15) is 38.1 Å². The third-order valence-corrected chi connectivity index (χ3v) is 5.08. The molecule has 0 aliphatic rings. The molecular weight excluding hydrogens is 430 g/mol. The molecule has 0 saturated heterocycles. The number of aromatic nitrogens is 5. The number of amides is 2. The monoisotopic (exact) mass is 455 g/mol. The highest BCUT2D eigenvalue weighted by molar-refractivity contribution is 6.31. The number of hydrogen-bond donors (Lipinski definition) is 2. The van der Waals surface area contributed by atoms with E-state index in [2.05, 4.69) is 39.7 Å². The molecule has 2 amide bonds. The molecule has 0 saturated carbocycles. The number of benzene rings is 1. The van der Waals surface area contributed by atoms with Crippen LogP contribution in [0, 0.1) is 12.8 Å². The Hall–Kier alpha value is -3.46. The van der Waals surface area contributed by atoms with Crippen molar-refractivity contribution in [2.45, 2.75) is 40.3 Å². The lowest BCUT2D eigenvalue weighted by molar-refractivity contribution is -0.119. The largest absolute Gasteiger partial charge is 0.324 e. The molecule has 0 aliphatic carbocycles. The van der Waals surface area contributed by atoms with Crippen LogP contribution in [0.3, 0.4) is 0 Å². The predicted octanol–water partition coefficient (Wildman–Crippen LogP) is 3.94. The fourth-order valence-electron chi connectivity index (χ4n) is 2.99.